The summed E-state index contributed by atoms with van der Waals surface area (Å²) in [6, 6.07) is 21.2. The van der Waals surface area contributed by atoms with Crippen LogP contribution in [0.5, 0.6) is 0 Å². The Hall–Kier alpha value is -4.63. The SMILES string of the molecule is O=C(CSc1ncnc2c1cnn2-c1ccccc1)Nc1ccc2c(c1)C(=O)c1ccccc1C2=O. The zero-order valence-electron chi connectivity index (χ0n) is 18.7. The van der Waals surface area contributed by atoms with Gasteiger partial charge in [0.1, 0.15) is 11.4 Å². The summed E-state index contributed by atoms with van der Waals surface area (Å²) in [4.78, 5) is 47.1. The molecule has 174 valence electrons. The van der Waals surface area contributed by atoms with Gasteiger partial charge in [-0.2, -0.15) is 5.10 Å². The molecule has 1 aliphatic carbocycles. The number of benzene rings is 3. The highest BCUT2D eigenvalue weighted by Gasteiger charge is 2.29. The summed E-state index contributed by atoms with van der Waals surface area (Å²) in [6.07, 6.45) is 3.14. The van der Waals surface area contributed by atoms with Crippen molar-refractivity contribution in [2.45, 2.75) is 5.03 Å². The van der Waals surface area contributed by atoms with E-state index in [0.717, 1.165) is 11.1 Å². The average Bonchev–Trinajstić information content (AvgIpc) is 3.36. The number of hydrogen-bond donors (Lipinski definition) is 1. The van der Waals surface area contributed by atoms with Crippen molar-refractivity contribution in [1.29, 1.82) is 0 Å². The van der Waals surface area contributed by atoms with E-state index in [0.29, 0.717) is 33.1 Å². The van der Waals surface area contributed by atoms with Crippen molar-refractivity contribution < 1.29 is 14.4 Å². The molecule has 36 heavy (non-hydrogen) atoms. The monoisotopic (exact) mass is 491 g/mol. The molecule has 0 saturated carbocycles. The number of thioether (sulfide) groups is 1. The van der Waals surface area contributed by atoms with Crippen LogP contribution in [0.2, 0.25) is 0 Å². The number of carbonyl (C=O) groups excluding carboxylic acids is 3. The topological polar surface area (TPSA) is 107 Å². The summed E-state index contributed by atoms with van der Waals surface area (Å²) < 4.78 is 1.73. The first-order valence-electron chi connectivity index (χ1n) is 11.1. The molecule has 9 heteroatoms. The van der Waals surface area contributed by atoms with Gasteiger partial charge in [-0.05, 0) is 30.3 Å². The number of anilines is 1. The Bertz CT molecular complexity index is 1680. The largest absolute Gasteiger partial charge is 0.325 e. The summed E-state index contributed by atoms with van der Waals surface area (Å²) >= 11 is 1.27. The molecule has 5 aromatic rings. The van der Waals surface area contributed by atoms with E-state index >= 15 is 0 Å². The number of carbonyl (C=O) groups is 3. The molecule has 0 atom stereocenters. The minimum atomic E-state index is -0.267. The molecule has 1 N–H and O–H groups in total. The van der Waals surface area contributed by atoms with E-state index in [9.17, 15) is 14.4 Å². The standard InChI is InChI=1S/C27H17N5O3S/c33-23(14-36-27-22-13-30-32(26(22)28-15-29-27)17-6-2-1-3-7-17)31-16-10-11-20-21(12-16)25(35)19-9-5-4-8-18(19)24(20)34/h1-13,15H,14H2,(H,31,33). The second-order valence-corrected chi connectivity index (χ2v) is 9.07. The fourth-order valence-corrected chi connectivity index (χ4v) is 4.97. The van der Waals surface area contributed by atoms with Crippen LogP contribution >= 0.6 is 11.8 Å². The molecule has 6 rings (SSSR count). The highest BCUT2D eigenvalue weighted by molar-refractivity contribution is 8.00. The second kappa shape index (κ2) is 8.86. The summed E-state index contributed by atoms with van der Waals surface area (Å²) in [6.45, 7) is 0. The fourth-order valence-electron chi connectivity index (χ4n) is 4.20. The Morgan fingerprint density at radius 3 is 2.31 bits per heavy atom. The van der Waals surface area contributed by atoms with Crippen molar-refractivity contribution in [3.05, 3.63) is 108 Å². The molecule has 2 heterocycles. The molecule has 0 saturated heterocycles. The number of aromatic nitrogens is 4. The average molecular weight is 492 g/mol. The molecule has 8 nitrogen and oxygen atoms in total. The maximum atomic E-state index is 12.9. The molecule has 0 fully saturated rings. The molecule has 3 aromatic carbocycles. The van der Waals surface area contributed by atoms with Crippen molar-refractivity contribution >= 4 is 46.0 Å². The Kier molecular flexibility index (Phi) is 5.38. The Morgan fingerprint density at radius 1 is 0.833 bits per heavy atom. The van der Waals surface area contributed by atoms with Crippen LogP contribution in [0.4, 0.5) is 5.69 Å². The minimum Gasteiger partial charge on any atom is -0.325 e. The maximum absolute atomic E-state index is 12.9. The van der Waals surface area contributed by atoms with Crippen molar-refractivity contribution in [1.82, 2.24) is 19.7 Å². The van der Waals surface area contributed by atoms with Crippen LogP contribution in [0.15, 0.2) is 90.3 Å². The zero-order chi connectivity index (χ0) is 24.6. The lowest BCUT2D eigenvalue weighted by Gasteiger charge is -2.18. The predicted molar refractivity (Wildman–Crippen MR) is 136 cm³/mol. The van der Waals surface area contributed by atoms with E-state index in [1.807, 2.05) is 30.3 Å². The Balaban J connectivity index is 1.19. The van der Waals surface area contributed by atoms with Gasteiger partial charge in [-0.1, -0.05) is 54.2 Å². The van der Waals surface area contributed by atoms with E-state index in [4.69, 9.17) is 0 Å². The Labute approximate surface area is 209 Å². The van der Waals surface area contributed by atoms with Gasteiger partial charge >= 0.3 is 0 Å². The van der Waals surface area contributed by atoms with Crippen LogP contribution in [-0.2, 0) is 4.79 Å². The number of nitrogens with one attached hydrogen (secondary N) is 1. The van der Waals surface area contributed by atoms with Crippen LogP contribution in [0.1, 0.15) is 31.8 Å². The second-order valence-electron chi connectivity index (χ2n) is 8.11. The van der Waals surface area contributed by atoms with Crippen molar-refractivity contribution in [2.75, 3.05) is 11.1 Å². The number of rotatable bonds is 5. The summed E-state index contributed by atoms with van der Waals surface area (Å²) in [5, 5.41) is 8.63. The van der Waals surface area contributed by atoms with Crippen LogP contribution < -0.4 is 5.32 Å². The van der Waals surface area contributed by atoms with E-state index in [1.54, 1.807) is 53.3 Å². The third-order valence-corrected chi connectivity index (χ3v) is 6.88. The number of hydrogen-bond acceptors (Lipinski definition) is 7. The highest BCUT2D eigenvalue weighted by atomic mass is 32.2. The third-order valence-electron chi connectivity index (χ3n) is 5.88. The summed E-state index contributed by atoms with van der Waals surface area (Å²) in [5.41, 5.74) is 3.37. The molecule has 0 radical (unpaired) electrons. The van der Waals surface area contributed by atoms with Gasteiger partial charge < -0.3 is 5.32 Å². The van der Waals surface area contributed by atoms with Gasteiger partial charge in [0.05, 0.1) is 23.0 Å². The summed E-state index contributed by atoms with van der Waals surface area (Å²) in [5.74, 6) is -0.603. The lowest BCUT2D eigenvalue weighted by molar-refractivity contribution is -0.113. The lowest BCUT2D eigenvalue weighted by atomic mass is 9.84. The molecule has 0 spiro atoms. The van der Waals surface area contributed by atoms with E-state index < -0.39 is 0 Å². The van der Waals surface area contributed by atoms with Crippen LogP contribution in [0.3, 0.4) is 0 Å². The van der Waals surface area contributed by atoms with Crippen molar-refractivity contribution in [3.63, 3.8) is 0 Å². The van der Waals surface area contributed by atoms with Crippen LogP contribution in [0, 0.1) is 0 Å². The van der Waals surface area contributed by atoms with E-state index in [2.05, 4.69) is 20.4 Å². The van der Waals surface area contributed by atoms with Gasteiger partial charge in [-0.25, -0.2) is 14.6 Å². The van der Waals surface area contributed by atoms with Crippen LogP contribution in [-0.4, -0.2) is 43.0 Å². The molecular weight excluding hydrogens is 474 g/mol. The van der Waals surface area contributed by atoms with Gasteiger partial charge in [0, 0.05) is 27.9 Å². The maximum Gasteiger partial charge on any atom is 0.234 e. The summed E-state index contributed by atoms with van der Waals surface area (Å²) in [7, 11) is 0. The highest BCUT2D eigenvalue weighted by Crippen LogP contribution is 2.30. The molecular formula is C27H17N5O3S. The smallest absolute Gasteiger partial charge is 0.234 e. The fraction of sp³-hybridized carbons (Fsp3) is 0.0370. The third kappa shape index (κ3) is 3.75. The van der Waals surface area contributed by atoms with E-state index in [1.165, 1.54) is 18.1 Å². The first-order valence-corrected chi connectivity index (χ1v) is 12.1. The van der Waals surface area contributed by atoms with Crippen molar-refractivity contribution in [3.8, 4) is 5.69 Å². The molecule has 1 amide bonds. The molecule has 0 bridgehead atoms. The number of fused-ring (bicyclic) bond motifs is 3. The number of nitrogens with zero attached hydrogens (tertiary/aromatic N) is 4. The molecule has 0 unspecified atom stereocenters. The molecule has 1 aliphatic rings. The van der Waals surface area contributed by atoms with Gasteiger partial charge in [0.15, 0.2) is 17.2 Å². The van der Waals surface area contributed by atoms with E-state index in [-0.39, 0.29) is 28.8 Å². The molecule has 0 aliphatic heterocycles. The quantitative estimate of drug-likeness (QED) is 0.283. The van der Waals surface area contributed by atoms with Gasteiger partial charge in [0.2, 0.25) is 5.91 Å². The van der Waals surface area contributed by atoms with Crippen LogP contribution in [0.25, 0.3) is 16.7 Å². The number of para-hydroxylation sites is 1. The first kappa shape index (κ1) is 21.9. The lowest BCUT2D eigenvalue weighted by Crippen LogP contribution is -2.21. The first-order chi connectivity index (χ1) is 17.6. The Morgan fingerprint density at radius 2 is 1.53 bits per heavy atom. The number of amides is 1. The normalized spacial score (nSPS) is 12.3. The van der Waals surface area contributed by atoms with Gasteiger partial charge in [0.25, 0.3) is 0 Å². The molecule has 2 aromatic heterocycles. The predicted octanol–water partition coefficient (Wildman–Crippen LogP) is 4.32. The zero-order valence-corrected chi connectivity index (χ0v) is 19.5. The minimum absolute atomic E-state index is 0.0927. The number of ketones is 2. The van der Waals surface area contributed by atoms with Gasteiger partial charge in [-0.15, -0.1) is 0 Å². The van der Waals surface area contributed by atoms with Gasteiger partial charge in [-0.3, -0.25) is 14.4 Å². The van der Waals surface area contributed by atoms with Crippen molar-refractivity contribution in [2.24, 2.45) is 0 Å².